The Labute approximate surface area is 94.3 Å². The van der Waals surface area contributed by atoms with Crippen molar-refractivity contribution in [2.75, 3.05) is 19.8 Å². The molecule has 0 fully saturated rings. The van der Waals surface area contributed by atoms with Gasteiger partial charge in [-0.3, -0.25) is 0 Å². The molecule has 15 heavy (non-hydrogen) atoms. The second-order valence-corrected chi connectivity index (χ2v) is 4.93. The first-order chi connectivity index (χ1) is 6.93. The molecule has 0 bridgehead atoms. The van der Waals surface area contributed by atoms with E-state index in [4.69, 9.17) is 15.2 Å². The Morgan fingerprint density at radius 2 is 1.73 bits per heavy atom. The van der Waals surface area contributed by atoms with Crippen LogP contribution in [0.1, 0.15) is 41.0 Å². The van der Waals surface area contributed by atoms with Crippen LogP contribution < -0.4 is 5.73 Å². The smallest absolute Gasteiger partial charge is 0.0775 e. The summed E-state index contributed by atoms with van der Waals surface area (Å²) < 4.78 is 11.1. The molecule has 92 valence electrons. The van der Waals surface area contributed by atoms with Crippen LogP contribution in [0.15, 0.2) is 0 Å². The van der Waals surface area contributed by atoms with Crippen LogP contribution in [0, 0.1) is 5.41 Å². The Hall–Kier alpha value is -0.120. The van der Waals surface area contributed by atoms with Gasteiger partial charge in [-0.15, -0.1) is 0 Å². The summed E-state index contributed by atoms with van der Waals surface area (Å²) in [6.07, 6.45) is 1.04. The quantitative estimate of drug-likeness (QED) is 0.665. The molecule has 0 aliphatic heterocycles. The van der Waals surface area contributed by atoms with Crippen molar-refractivity contribution in [3.63, 3.8) is 0 Å². The molecule has 2 atom stereocenters. The van der Waals surface area contributed by atoms with Crippen molar-refractivity contribution in [1.82, 2.24) is 0 Å². The largest absolute Gasteiger partial charge is 0.379 e. The number of hydrogen-bond donors (Lipinski definition) is 1. The molecule has 2 unspecified atom stereocenters. The van der Waals surface area contributed by atoms with E-state index in [1.807, 2.05) is 6.92 Å². The molecule has 0 aromatic carbocycles. The summed E-state index contributed by atoms with van der Waals surface area (Å²) in [5.41, 5.74) is 6.14. The highest BCUT2D eigenvalue weighted by Gasteiger charge is 2.29. The number of rotatable bonds is 7. The second kappa shape index (κ2) is 7.20. The molecule has 0 aromatic rings. The number of ether oxygens (including phenoxy) is 2. The Morgan fingerprint density at radius 3 is 2.13 bits per heavy atom. The van der Waals surface area contributed by atoms with Crippen LogP contribution in [0.5, 0.6) is 0 Å². The molecule has 0 aliphatic carbocycles. The van der Waals surface area contributed by atoms with Crippen LogP contribution in [-0.2, 0) is 9.47 Å². The topological polar surface area (TPSA) is 44.5 Å². The molecular formula is C12H27NO2. The monoisotopic (exact) mass is 217 g/mol. The van der Waals surface area contributed by atoms with Gasteiger partial charge in [-0.05, 0) is 18.8 Å². The summed E-state index contributed by atoms with van der Waals surface area (Å²) in [5.74, 6) is 0. The third kappa shape index (κ3) is 6.13. The van der Waals surface area contributed by atoms with E-state index < -0.39 is 0 Å². The molecule has 0 spiro atoms. The lowest BCUT2D eigenvalue weighted by Crippen LogP contribution is -2.45. The number of hydrogen-bond acceptors (Lipinski definition) is 3. The maximum atomic E-state index is 6.05. The van der Waals surface area contributed by atoms with Crippen molar-refractivity contribution in [3.8, 4) is 0 Å². The van der Waals surface area contributed by atoms with Gasteiger partial charge in [-0.25, -0.2) is 0 Å². The van der Waals surface area contributed by atoms with Crippen LogP contribution in [-0.4, -0.2) is 32.0 Å². The van der Waals surface area contributed by atoms with Crippen LogP contribution in [0.4, 0.5) is 0 Å². The van der Waals surface area contributed by atoms with E-state index in [-0.39, 0.29) is 17.6 Å². The molecule has 3 nitrogen and oxygen atoms in total. The fraction of sp³-hybridized carbons (Fsp3) is 1.00. The second-order valence-electron chi connectivity index (χ2n) is 4.93. The van der Waals surface area contributed by atoms with Crippen molar-refractivity contribution in [2.24, 2.45) is 11.1 Å². The molecule has 0 amide bonds. The van der Waals surface area contributed by atoms with Gasteiger partial charge in [-0.2, -0.15) is 0 Å². The molecular weight excluding hydrogens is 190 g/mol. The predicted octanol–water partition coefficient (Wildman–Crippen LogP) is 2.19. The van der Waals surface area contributed by atoms with Gasteiger partial charge in [0.15, 0.2) is 0 Å². The van der Waals surface area contributed by atoms with Crippen molar-refractivity contribution < 1.29 is 9.47 Å². The summed E-state index contributed by atoms with van der Waals surface area (Å²) in [5, 5.41) is 0. The maximum Gasteiger partial charge on any atom is 0.0775 e. The van der Waals surface area contributed by atoms with Crippen LogP contribution in [0.3, 0.4) is 0 Å². The molecule has 0 heterocycles. The molecule has 0 radical (unpaired) electrons. The lowest BCUT2D eigenvalue weighted by atomic mass is 9.84. The lowest BCUT2D eigenvalue weighted by molar-refractivity contribution is -0.0548. The van der Waals surface area contributed by atoms with Crippen molar-refractivity contribution in [1.29, 1.82) is 0 Å². The van der Waals surface area contributed by atoms with Gasteiger partial charge in [0.2, 0.25) is 0 Å². The summed E-state index contributed by atoms with van der Waals surface area (Å²) in [6, 6.07) is 0.103. The average molecular weight is 217 g/mol. The van der Waals surface area contributed by atoms with Gasteiger partial charge in [0.25, 0.3) is 0 Å². The van der Waals surface area contributed by atoms with E-state index in [2.05, 4.69) is 27.7 Å². The van der Waals surface area contributed by atoms with Crippen molar-refractivity contribution in [3.05, 3.63) is 0 Å². The van der Waals surface area contributed by atoms with Crippen LogP contribution in [0.2, 0.25) is 0 Å². The van der Waals surface area contributed by atoms with Gasteiger partial charge in [-0.1, -0.05) is 27.7 Å². The molecule has 3 heteroatoms. The first-order valence-corrected chi connectivity index (χ1v) is 5.88. The minimum absolute atomic E-state index is 0.0850. The maximum absolute atomic E-state index is 6.05. The Kier molecular flexibility index (Phi) is 7.14. The molecule has 0 rings (SSSR count). The van der Waals surface area contributed by atoms with E-state index in [0.29, 0.717) is 13.2 Å². The summed E-state index contributed by atoms with van der Waals surface area (Å²) >= 11 is 0. The molecule has 2 N–H and O–H groups in total. The Balaban J connectivity index is 4.03. The normalized spacial score (nSPS) is 16.4. The van der Waals surface area contributed by atoms with Crippen molar-refractivity contribution >= 4 is 0 Å². The van der Waals surface area contributed by atoms with Crippen molar-refractivity contribution in [2.45, 2.75) is 53.2 Å². The molecule has 0 aliphatic rings. The standard InChI is InChI=1S/C12H27NO2/c1-6-10(13)11(12(3,4)5)15-9-8-14-7-2/h10-11H,6-9,13H2,1-5H3. The third-order valence-electron chi connectivity index (χ3n) is 2.44. The SMILES string of the molecule is CCOCCOC(C(N)CC)C(C)(C)C. The third-order valence-corrected chi connectivity index (χ3v) is 2.44. The molecule has 0 saturated heterocycles. The van der Waals surface area contributed by atoms with E-state index in [0.717, 1.165) is 13.0 Å². The van der Waals surface area contributed by atoms with Gasteiger partial charge in [0.05, 0.1) is 19.3 Å². The fourth-order valence-electron chi connectivity index (χ4n) is 1.61. The van der Waals surface area contributed by atoms with Crippen LogP contribution >= 0.6 is 0 Å². The zero-order valence-electron chi connectivity index (χ0n) is 10.9. The minimum Gasteiger partial charge on any atom is -0.379 e. The minimum atomic E-state index is 0.0850. The van der Waals surface area contributed by atoms with Crippen LogP contribution in [0.25, 0.3) is 0 Å². The zero-order valence-corrected chi connectivity index (χ0v) is 10.9. The van der Waals surface area contributed by atoms with E-state index in [9.17, 15) is 0 Å². The number of nitrogens with two attached hydrogens (primary N) is 1. The van der Waals surface area contributed by atoms with Gasteiger partial charge in [0.1, 0.15) is 0 Å². The highest BCUT2D eigenvalue weighted by Crippen LogP contribution is 2.25. The first-order valence-electron chi connectivity index (χ1n) is 5.88. The lowest BCUT2D eigenvalue weighted by Gasteiger charge is -2.34. The summed E-state index contributed by atoms with van der Waals surface area (Å²) in [4.78, 5) is 0. The summed E-state index contributed by atoms with van der Waals surface area (Å²) in [7, 11) is 0. The average Bonchev–Trinajstić information content (AvgIpc) is 2.15. The van der Waals surface area contributed by atoms with E-state index in [1.165, 1.54) is 0 Å². The van der Waals surface area contributed by atoms with Gasteiger partial charge < -0.3 is 15.2 Å². The van der Waals surface area contributed by atoms with E-state index in [1.54, 1.807) is 0 Å². The fourth-order valence-corrected chi connectivity index (χ4v) is 1.61. The Morgan fingerprint density at radius 1 is 1.13 bits per heavy atom. The van der Waals surface area contributed by atoms with Gasteiger partial charge in [0, 0.05) is 12.6 Å². The molecule has 0 aromatic heterocycles. The highest BCUT2D eigenvalue weighted by atomic mass is 16.5. The zero-order chi connectivity index (χ0) is 11.9. The summed E-state index contributed by atoms with van der Waals surface area (Å²) in [6.45, 7) is 12.6. The molecule has 0 saturated carbocycles. The van der Waals surface area contributed by atoms with Gasteiger partial charge >= 0.3 is 0 Å². The first kappa shape index (κ1) is 14.9. The highest BCUT2D eigenvalue weighted by molar-refractivity contribution is 4.83. The Bertz CT molecular complexity index is 154. The van der Waals surface area contributed by atoms with E-state index >= 15 is 0 Å². The predicted molar refractivity (Wildman–Crippen MR) is 64.0 cm³/mol.